The van der Waals surface area contributed by atoms with E-state index in [1.807, 2.05) is 18.3 Å². The molecule has 2 N–H and O–H groups in total. The van der Waals surface area contributed by atoms with E-state index < -0.39 is 0 Å². The van der Waals surface area contributed by atoms with Gasteiger partial charge in [-0.2, -0.15) is 0 Å². The summed E-state index contributed by atoms with van der Waals surface area (Å²) in [6.07, 6.45) is 7.91. The third kappa shape index (κ3) is 3.45. The van der Waals surface area contributed by atoms with Crippen LogP contribution in [0.3, 0.4) is 0 Å². The molecule has 72 valence electrons. The lowest BCUT2D eigenvalue weighted by Gasteiger charge is -2.02. The summed E-state index contributed by atoms with van der Waals surface area (Å²) in [5, 5.41) is 0. The Balaban J connectivity index is 2.32. The van der Waals surface area contributed by atoms with Gasteiger partial charge in [0, 0.05) is 6.20 Å². The molecular weight excluding hydrogens is 160 g/mol. The van der Waals surface area contributed by atoms with E-state index in [2.05, 4.69) is 11.9 Å². The van der Waals surface area contributed by atoms with Crippen molar-refractivity contribution in [2.24, 2.45) is 0 Å². The zero-order chi connectivity index (χ0) is 9.52. The molecule has 2 heteroatoms. The molecule has 1 aromatic heterocycles. The molecule has 1 heterocycles. The first kappa shape index (κ1) is 10.0. The lowest BCUT2D eigenvalue weighted by Crippen LogP contribution is -1.97. The van der Waals surface area contributed by atoms with Crippen LogP contribution in [0.1, 0.15) is 38.3 Å². The lowest BCUT2D eigenvalue weighted by atomic mass is 10.1. The van der Waals surface area contributed by atoms with Crippen LogP contribution in [-0.2, 0) is 6.42 Å². The van der Waals surface area contributed by atoms with Crippen molar-refractivity contribution in [2.75, 3.05) is 5.73 Å². The molecule has 1 rings (SSSR count). The van der Waals surface area contributed by atoms with Crippen LogP contribution in [-0.4, -0.2) is 4.98 Å². The number of aryl methyl sites for hydroxylation is 1. The Labute approximate surface area is 80.2 Å². The van der Waals surface area contributed by atoms with Crippen LogP contribution in [0, 0.1) is 0 Å². The van der Waals surface area contributed by atoms with Gasteiger partial charge in [0.2, 0.25) is 0 Å². The fourth-order valence-corrected chi connectivity index (χ4v) is 1.38. The second-order valence-corrected chi connectivity index (χ2v) is 3.35. The van der Waals surface area contributed by atoms with Crippen LogP contribution in [0.2, 0.25) is 0 Å². The van der Waals surface area contributed by atoms with Crippen molar-refractivity contribution in [3.63, 3.8) is 0 Å². The van der Waals surface area contributed by atoms with Crippen molar-refractivity contribution in [1.29, 1.82) is 0 Å². The van der Waals surface area contributed by atoms with Crippen molar-refractivity contribution in [3.05, 3.63) is 24.0 Å². The number of anilines is 1. The summed E-state index contributed by atoms with van der Waals surface area (Å²) < 4.78 is 0. The number of nitrogens with two attached hydrogens (primary N) is 1. The lowest BCUT2D eigenvalue weighted by molar-refractivity contribution is 0.661. The highest BCUT2D eigenvalue weighted by Gasteiger charge is 1.98. The standard InChI is InChI=1S/C11H18N2/c1-2-3-4-5-8-11-10(12)7-6-9-13-11/h6-7,9H,2-5,8,12H2,1H3. The first-order valence-electron chi connectivity index (χ1n) is 5.04. The number of nitrogens with zero attached hydrogens (tertiary/aromatic N) is 1. The summed E-state index contributed by atoms with van der Waals surface area (Å²) in [6.45, 7) is 2.22. The monoisotopic (exact) mass is 178 g/mol. The summed E-state index contributed by atoms with van der Waals surface area (Å²) >= 11 is 0. The predicted octanol–water partition coefficient (Wildman–Crippen LogP) is 2.79. The highest BCUT2D eigenvalue weighted by atomic mass is 14.7. The molecule has 2 nitrogen and oxygen atoms in total. The Bertz CT molecular complexity index is 246. The van der Waals surface area contributed by atoms with Gasteiger partial charge >= 0.3 is 0 Å². The summed E-state index contributed by atoms with van der Waals surface area (Å²) in [7, 11) is 0. The molecule has 0 aliphatic heterocycles. The fraction of sp³-hybridized carbons (Fsp3) is 0.545. The molecule has 0 spiro atoms. The Kier molecular flexibility index (Phi) is 4.30. The Morgan fingerprint density at radius 1 is 1.31 bits per heavy atom. The molecule has 0 bridgehead atoms. The molecule has 0 saturated carbocycles. The van der Waals surface area contributed by atoms with Crippen LogP contribution in [0.4, 0.5) is 5.69 Å². The second-order valence-electron chi connectivity index (χ2n) is 3.35. The molecule has 0 radical (unpaired) electrons. The number of nitrogen functional groups attached to an aromatic ring is 1. The highest BCUT2D eigenvalue weighted by Crippen LogP contribution is 2.11. The Morgan fingerprint density at radius 3 is 2.85 bits per heavy atom. The molecule has 0 aliphatic carbocycles. The maximum atomic E-state index is 5.77. The predicted molar refractivity (Wildman–Crippen MR) is 56.5 cm³/mol. The van der Waals surface area contributed by atoms with Crippen LogP contribution < -0.4 is 5.73 Å². The molecule has 0 fully saturated rings. The third-order valence-electron chi connectivity index (χ3n) is 2.19. The maximum Gasteiger partial charge on any atom is 0.0632 e. The smallest absolute Gasteiger partial charge is 0.0632 e. The van der Waals surface area contributed by atoms with Crippen LogP contribution >= 0.6 is 0 Å². The van der Waals surface area contributed by atoms with Crippen LogP contribution in [0.5, 0.6) is 0 Å². The summed E-state index contributed by atoms with van der Waals surface area (Å²) in [4.78, 5) is 4.25. The van der Waals surface area contributed by atoms with Crippen LogP contribution in [0.25, 0.3) is 0 Å². The van der Waals surface area contributed by atoms with Gasteiger partial charge in [0.25, 0.3) is 0 Å². The second kappa shape index (κ2) is 5.57. The maximum absolute atomic E-state index is 5.77. The van der Waals surface area contributed by atoms with Gasteiger partial charge in [-0.05, 0) is 25.0 Å². The summed E-state index contributed by atoms with van der Waals surface area (Å²) in [5.41, 5.74) is 7.66. The van der Waals surface area contributed by atoms with Crippen LogP contribution in [0.15, 0.2) is 18.3 Å². The van der Waals surface area contributed by atoms with Crippen molar-refractivity contribution >= 4 is 5.69 Å². The molecule has 0 aliphatic rings. The number of hydrogen-bond acceptors (Lipinski definition) is 2. The number of pyridine rings is 1. The number of rotatable bonds is 5. The van der Waals surface area contributed by atoms with Crippen molar-refractivity contribution in [3.8, 4) is 0 Å². The first-order valence-corrected chi connectivity index (χ1v) is 5.04. The minimum atomic E-state index is 0.832. The number of hydrogen-bond donors (Lipinski definition) is 1. The van der Waals surface area contributed by atoms with Gasteiger partial charge in [0.15, 0.2) is 0 Å². The van der Waals surface area contributed by atoms with Crippen molar-refractivity contribution < 1.29 is 0 Å². The topological polar surface area (TPSA) is 38.9 Å². The van der Waals surface area contributed by atoms with E-state index in [4.69, 9.17) is 5.73 Å². The van der Waals surface area contributed by atoms with E-state index in [9.17, 15) is 0 Å². The third-order valence-corrected chi connectivity index (χ3v) is 2.19. The average Bonchev–Trinajstić information content (AvgIpc) is 2.15. The van der Waals surface area contributed by atoms with E-state index in [0.29, 0.717) is 0 Å². The van der Waals surface area contributed by atoms with E-state index >= 15 is 0 Å². The zero-order valence-electron chi connectivity index (χ0n) is 8.29. The number of unbranched alkanes of at least 4 members (excludes halogenated alkanes) is 3. The van der Waals surface area contributed by atoms with Gasteiger partial charge in [0.05, 0.1) is 11.4 Å². The Hall–Kier alpha value is -1.05. The molecular formula is C11H18N2. The normalized spacial score (nSPS) is 10.2. The SMILES string of the molecule is CCCCCCc1ncccc1N. The van der Waals surface area contributed by atoms with Gasteiger partial charge in [-0.25, -0.2) is 0 Å². The average molecular weight is 178 g/mol. The summed E-state index contributed by atoms with van der Waals surface area (Å²) in [5.74, 6) is 0. The van der Waals surface area contributed by atoms with Gasteiger partial charge in [0.1, 0.15) is 0 Å². The molecule has 1 aromatic rings. The molecule has 0 amide bonds. The van der Waals surface area contributed by atoms with E-state index in [1.54, 1.807) is 0 Å². The molecule has 0 atom stereocenters. The minimum absolute atomic E-state index is 0.832. The minimum Gasteiger partial charge on any atom is -0.397 e. The number of aromatic nitrogens is 1. The van der Waals surface area contributed by atoms with E-state index in [-0.39, 0.29) is 0 Å². The van der Waals surface area contributed by atoms with E-state index in [0.717, 1.165) is 17.8 Å². The molecule has 13 heavy (non-hydrogen) atoms. The molecule has 0 saturated heterocycles. The van der Waals surface area contributed by atoms with Gasteiger partial charge in [-0.15, -0.1) is 0 Å². The van der Waals surface area contributed by atoms with Gasteiger partial charge < -0.3 is 5.73 Å². The van der Waals surface area contributed by atoms with Gasteiger partial charge in [-0.1, -0.05) is 26.2 Å². The summed E-state index contributed by atoms with van der Waals surface area (Å²) in [6, 6.07) is 3.80. The van der Waals surface area contributed by atoms with Gasteiger partial charge in [-0.3, -0.25) is 4.98 Å². The zero-order valence-corrected chi connectivity index (χ0v) is 8.29. The molecule has 0 aromatic carbocycles. The van der Waals surface area contributed by atoms with E-state index in [1.165, 1.54) is 25.7 Å². The Morgan fingerprint density at radius 2 is 2.15 bits per heavy atom. The molecule has 0 unspecified atom stereocenters. The fourth-order valence-electron chi connectivity index (χ4n) is 1.38. The largest absolute Gasteiger partial charge is 0.397 e. The highest BCUT2D eigenvalue weighted by molar-refractivity contribution is 5.41. The quantitative estimate of drug-likeness (QED) is 0.704. The van der Waals surface area contributed by atoms with Crippen molar-refractivity contribution in [2.45, 2.75) is 39.0 Å². The first-order chi connectivity index (χ1) is 6.34. The van der Waals surface area contributed by atoms with Crippen molar-refractivity contribution in [1.82, 2.24) is 4.98 Å².